The van der Waals surface area contributed by atoms with E-state index in [0.29, 0.717) is 11.6 Å². The Morgan fingerprint density at radius 3 is 2.63 bits per heavy atom. The highest BCUT2D eigenvalue weighted by Crippen LogP contribution is 2.52. The number of halogens is 1. The number of carbonyl (C=O) groups excluding carboxylic acids is 1. The molecule has 0 bridgehead atoms. The molecule has 0 N–H and O–H groups in total. The lowest BCUT2D eigenvalue weighted by Gasteiger charge is -2.14. The fourth-order valence-corrected chi connectivity index (χ4v) is 3.32. The summed E-state index contributed by atoms with van der Waals surface area (Å²) < 4.78 is 4.74. The molecule has 0 saturated heterocycles. The lowest BCUT2D eigenvalue weighted by molar-refractivity contribution is -0.141. The lowest BCUT2D eigenvalue weighted by Crippen LogP contribution is -2.13. The second kappa shape index (κ2) is 5.67. The van der Waals surface area contributed by atoms with E-state index in [0.717, 1.165) is 34.7 Å². The topological polar surface area (TPSA) is 52.1 Å². The third-order valence-corrected chi connectivity index (χ3v) is 5.42. The van der Waals surface area contributed by atoms with Crippen molar-refractivity contribution in [2.45, 2.75) is 38.1 Å². The Morgan fingerprint density at radius 1 is 1.37 bits per heavy atom. The highest BCUT2D eigenvalue weighted by Gasteiger charge is 2.44. The summed E-state index contributed by atoms with van der Waals surface area (Å²) in [5.74, 6) is 0.742. The first-order valence-electron chi connectivity index (χ1n) is 6.16. The van der Waals surface area contributed by atoms with Gasteiger partial charge in [0.25, 0.3) is 0 Å². The summed E-state index contributed by atoms with van der Waals surface area (Å²) in [5, 5.41) is 9.43. The van der Waals surface area contributed by atoms with Gasteiger partial charge in [-0.15, -0.1) is 22.0 Å². The maximum atomic E-state index is 11.4. The molecule has 19 heavy (non-hydrogen) atoms. The Kier molecular flexibility index (Phi) is 4.36. The summed E-state index contributed by atoms with van der Waals surface area (Å²) in [4.78, 5) is 11.4. The Hall–Kier alpha value is -0.810. The van der Waals surface area contributed by atoms with Crippen LogP contribution in [0.15, 0.2) is 5.03 Å². The third kappa shape index (κ3) is 3.39. The molecule has 1 heterocycles. The molecule has 2 rings (SSSR count). The van der Waals surface area contributed by atoms with Crippen molar-refractivity contribution < 1.29 is 9.53 Å². The van der Waals surface area contributed by atoms with E-state index in [1.54, 1.807) is 11.8 Å². The Labute approximate surface area is 122 Å². The van der Waals surface area contributed by atoms with Gasteiger partial charge in [0.2, 0.25) is 0 Å². The van der Waals surface area contributed by atoms with Crippen LogP contribution in [0, 0.1) is 19.3 Å². The number of rotatable bonds is 5. The second-order valence-corrected chi connectivity index (χ2v) is 6.41. The number of nitrogens with zero attached hydrogens (tertiary/aromatic N) is 2. The molecule has 0 radical (unpaired) electrons. The van der Waals surface area contributed by atoms with Gasteiger partial charge in [-0.05, 0) is 43.2 Å². The highest BCUT2D eigenvalue weighted by molar-refractivity contribution is 7.99. The largest absolute Gasteiger partial charge is 0.469 e. The van der Waals surface area contributed by atoms with Crippen LogP contribution < -0.4 is 0 Å². The van der Waals surface area contributed by atoms with Gasteiger partial charge in [-0.3, -0.25) is 4.79 Å². The van der Waals surface area contributed by atoms with Crippen LogP contribution in [-0.4, -0.2) is 29.0 Å². The third-order valence-electron chi connectivity index (χ3n) is 3.64. The lowest BCUT2D eigenvalue weighted by atomic mass is 10.1. The molecule has 1 aliphatic carbocycles. The number of carbonyl (C=O) groups is 1. The van der Waals surface area contributed by atoms with Crippen LogP contribution in [0.4, 0.5) is 0 Å². The molecular formula is C13H17ClN2O2S. The van der Waals surface area contributed by atoms with Crippen LogP contribution in [-0.2, 0) is 9.53 Å². The van der Waals surface area contributed by atoms with Crippen LogP contribution in [0.5, 0.6) is 0 Å². The van der Waals surface area contributed by atoms with Gasteiger partial charge in [0.15, 0.2) is 5.15 Å². The van der Waals surface area contributed by atoms with Crippen molar-refractivity contribution >= 4 is 29.3 Å². The van der Waals surface area contributed by atoms with Gasteiger partial charge in [-0.25, -0.2) is 0 Å². The Morgan fingerprint density at radius 2 is 2.05 bits per heavy atom. The first-order valence-corrected chi connectivity index (χ1v) is 7.53. The number of esters is 1. The first kappa shape index (κ1) is 14.6. The van der Waals surface area contributed by atoms with E-state index in [1.165, 1.54) is 7.11 Å². The molecule has 1 aliphatic rings. The van der Waals surface area contributed by atoms with Crippen LogP contribution in [0.25, 0.3) is 0 Å². The van der Waals surface area contributed by atoms with Crippen molar-refractivity contribution in [2.24, 2.45) is 5.41 Å². The number of hydrogen-bond acceptors (Lipinski definition) is 5. The zero-order chi connectivity index (χ0) is 14.0. The normalized spacial score (nSPS) is 16.2. The smallest absolute Gasteiger partial charge is 0.306 e. The van der Waals surface area contributed by atoms with E-state index < -0.39 is 0 Å². The number of ether oxygens (including phenoxy) is 1. The molecule has 1 aromatic heterocycles. The summed E-state index contributed by atoms with van der Waals surface area (Å²) >= 11 is 7.58. The Balaban J connectivity index is 2.00. The van der Waals surface area contributed by atoms with Crippen molar-refractivity contribution in [1.29, 1.82) is 0 Å². The molecule has 0 aromatic carbocycles. The molecule has 0 aliphatic heterocycles. The van der Waals surface area contributed by atoms with Crippen molar-refractivity contribution in [3.05, 3.63) is 16.3 Å². The monoisotopic (exact) mass is 300 g/mol. The summed E-state index contributed by atoms with van der Waals surface area (Å²) in [7, 11) is 1.43. The number of hydrogen-bond donors (Lipinski definition) is 0. The molecule has 1 fully saturated rings. The maximum Gasteiger partial charge on any atom is 0.306 e. The average Bonchev–Trinajstić information content (AvgIpc) is 3.15. The predicted octanol–water partition coefficient (Wildman–Crippen LogP) is 3.18. The number of methoxy groups -OCH3 is 1. The van der Waals surface area contributed by atoms with E-state index >= 15 is 0 Å². The van der Waals surface area contributed by atoms with Gasteiger partial charge in [0.1, 0.15) is 5.03 Å². The van der Waals surface area contributed by atoms with Crippen molar-refractivity contribution in [3.63, 3.8) is 0 Å². The molecule has 0 unspecified atom stereocenters. The van der Waals surface area contributed by atoms with Crippen molar-refractivity contribution in [2.75, 3.05) is 12.9 Å². The minimum Gasteiger partial charge on any atom is -0.469 e. The van der Waals surface area contributed by atoms with Gasteiger partial charge < -0.3 is 4.74 Å². The van der Waals surface area contributed by atoms with Crippen molar-refractivity contribution in [1.82, 2.24) is 10.2 Å². The van der Waals surface area contributed by atoms with E-state index in [4.69, 9.17) is 16.3 Å². The summed E-state index contributed by atoms with van der Waals surface area (Å²) in [6.45, 7) is 3.94. The zero-order valence-corrected chi connectivity index (χ0v) is 12.9. The fraction of sp³-hybridized carbons (Fsp3) is 0.615. The molecule has 104 valence electrons. The van der Waals surface area contributed by atoms with Gasteiger partial charge in [0.05, 0.1) is 13.5 Å². The quantitative estimate of drug-likeness (QED) is 0.617. The number of aromatic nitrogens is 2. The SMILES string of the molecule is COC(=O)CC1(CSc2nnc(Cl)c(C)c2C)CC1. The minimum atomic E-state index is -0.131. The molecular weight excluding hydrogens is 284 g/mol. The second-order valence-electron chi connectivity index (χ2n) is 5.09. The Bertz CT molecular complexity index is 504. The molecule has 1 aromatic rings. The average molecular weight is 301 g/mol. The molecule has 6 heteroatoms. The summed E-state index contributed by atoms with van der Waals surface area (Å²) in [5.41, 5.74) is 2.13. The van der Waals surface area contributed by atoms with Crippen molar-refractivity contribution in [3.8, 4) is 0 Å². The zero-order valence-electron chi connectivity index (χ0n) is 11.3. The van der Waals surface area contributed by atoms with Crippen LogP contribution in [0.3, 0.4) is 0 Å². The van der Waals surface area contributed by atoms with E-state index in [-0.39, 0.29) is 11.4 Å². The maximum absolute atomic E-state index is 11.4. The van der Waals surface area contributed by atoms with Gasteiger partial charge in [0, 0.05) is 5.75 Å². The predicted molar refractivity (Wildman–Crippen MR) is 75.5 cm³/mol. The van der Waals surface area contributed by atoms with E-state index in [2.05, 4.69) is 10.2 Å². The van der Waals surface area contributed by atoms with Crippen LogP contribution in [0.1, 0.15) is 30.4 Å². The van der Waals surface area contributed by atoms with E-state index in [9.17, 15) is 4.79 Å². The molecule has 4 nitrogen and oxygen atoms in total. The molecule has 1 saturated carbocycles. The standard InChI is InChI=1S/C13H17ClN2O2S/c1-8-9(2)12(16-15-11(8)14)19-7-13(4-5-13)6-10(17)18-3/h4-7H2,1-3H3. The number of thioether (sulfide) groups is 1. The van der Waals surface area contributed by atoms with Crippen LogP contribution >= 0.6 is 23.4 Å². The van der Waals surface area contributed by atoms with Crippen LogP contribution in [0.2, 0.25) is 5.15 Å². The summed E-state index contributed by atoms with van der Waals surface area (Å²) in [6, 6.07) is 0. The minimum absolute atomic E-state index is 0.0966. The molecule has 0 spiro atoms. The highest BCUT2D eigenvalue weighted by atomic mass is 35.5. The van der Waals surface area contributed by atoms with Gasteiger partial charge in [-0.2, -0.15) is 0 Å². The molecule has 0 amide bonds. The molecule has 0 atom stereocenters. The van der Waals surface area contributed by atoms with E-state index in [1.807, 2.05) is 13.8 Å². The summed E-state index contributed by atoms with van der Waals surface area (Å²) in [6.07, 6.45) is 2.65. The first-order chi connectivity index (χ1) is 8.97. The fourth-order valence-electron chi connectivity index (χ4n) is 1.84. The van der Waals surface area contributed by atoms with Gasteiger partial charge >= 0.3 is 5.97 Å². The van der Waals surface area contributed by atoms with Gasteiger partial charge in [-0.1, -0.05) is 11.6 Å².